The summed E-state index contributed by atoms with van der Waals surface area (Å²) in [4.78, 5) is 24.4. The maximum Gasteiger partial charge on any atom is 0.343 e. The van der Waals surface area contributed by atoms with Gasteiger partial charge in [-0.05, 0) is 48.4 Å². The highest BCUT2D eigenvalue weighted by Gasteiger charge is 2.16. The molecule has 7 nitrogen and oxygen atoms in total. The van der Waals surface area contributed by atoms with Crippen molar-refractivity contribution in [1.29, 1.82) is 0 Å². The number of amides is 1. The van der Waals surface area contributed by atoms with Crippen LogP contribution in [0.2, 0.25) is 0 Å². The molecule has 3 rings (SSSR count). The Morgan fingerprint density at radius 2 is 1.68 bits per heavy atom. The van der Waals surface area contributed by atoms with Crippen LogP contribution in [-0.2, 0) is 4.79 Å². The molecule has 3 aromatic carbocycles. The first kappa shape index (κ1) is 21.7. The molecule has 0 aromatic heterocycles. The Bertz CT molecular complexity index is 1050. The summed E-state index contributed by atoms with van der Waals surface area (Å²) < 4.78 is 11.0. The van der Waals surface area contributed by atoms with Gasteiger partial charge in [-0.2, -0.15) is 5.10 Å². The predicted molar refractivity (Wildman–Crippen MR) is 116 cm³/mol. The molecule has 0 saturated carbocycles. The van der Waals surface area contributed by atoms with Crippen LogP contribution < -0.4 is 14.9 Å². The van der Waals surface area contributed by atoms with Crippen LogP contribution in [0.1, 0.15) is 34.5 Å². The van der Waals surface area contributed by atoms with Crippen LogP contribution in [-0.4, -0.2) is 29.8 Å². The minimum absolute atomic E-state index is 0.274. The number of nitrogens with one attached hydrogen (secondary N) is 1. The number of benzene rings is 3. The molecule has 7 heteroatoms. The Hall–Kier alpha value is -3.97. The second kappa shape index (κ2) is 10.7. The molecule has 0 aliphatic rings. The van der Waals surface area contributed by atoms with Crippen LogP contribution >= 0.6 is 0 Å². The molecular formula is C24H22N2O5. The fraction of sp³-hybridized carbons (Fsp3) is 0.125. The number of aliphatic hydroxyl groups is 1. The zero-order valence-electron chi connectivity index (χ0n) is 16.9. The lowest BCUT2D eigenvalue weighted by Crippen LogP contribution is -2.25. The van der Waals surface area contributed by atoms with E-state index >= 15 is 0 Å². The van der Waals surface area contributed by atoms with E-state index in [9.17, 15) is 14.7 Å². The minimum Gasteiger partial charge on any atom is -0.490 e. The molecule has 0 radical (unpaired) electrons. The topological polar surface area (TPSA) is 97.2 Å². The quantitative estimate of drug-likeness (QED) is 0.253. The largest absolute Gasteiger partial charge is 0.490 e. The number of ether oxygens (including phenoxy) is 2. The summed E-state index contributed by atoms with van der Waals surface area (Å²) in [6.07, 6.45) is 0.0816. The molecule has 0 heterocycles. The van der Waals surface area contributed by atoms with Gasteiger partial charge in [-0.1, -0.05) is 48.5 Å². The molecule has 0 spiro atoms. The zero-order chi connectivity index (χ0) is 22.1. The summed E-state index contributed by atoms with van der Waals surface area (Å²) in [5.41, 5.74) is 3.81. The van der Waals surface area contributed by atoms with Crippen molar-refractivity contribution in [2.45, 2.75) is 13.0 Å². The summed E-state index contributed by atoms with van der Waals surface area (Å²) in [6, 6.07) is 22.1. The van der Waals surface area contributed by atoms with E-state index < -0.39 is 18.0 Å². The molecule has 1 unspecified atom stereocenters. The summed E-state index contributed by atoms with van der Waals surface area (Å²) in [5, 5.41) is 13.9. The number of carbonyl (C=O) groups is 2. The number of carbonyl (C=O) groups excluding carboxylic acids is 2. The molecule has 158 valence electrons. The van der Waals surface area contributed by atoms with Gasteiger partial charge in [0.05, 0.1) is 18.4 Å². The average molecular weight is 418 g/mol. The van der Waals surface area contributed by atoms with Crippen molar-refractivity contribution >= 4 is 18.1 Å². The van der Waals surface area contributed by atoms with Gasteiger partial charge in [-0.15, -0.1) is 0 Å². The van der Waals surface area contributed by atoms with Gasteiger partial charge in [0, 0.05) is 0 Å². The van der Waals surface area contributed by atoms with E-state index in [1.54, 1.807) is 72.8 Å². The fourth-order valence-corrected chi connectivity index (χ4v) is 2.71. The van der Waals surface area contributed by atoms with E-state index in [2.05, 4.69) is 10.5 Å². The van der Waals surface area contributed by atoms with Crippen LogP contribution in [0, 0.1) is 0 Å². The first-order valence-corrected chi connectivity index (χ1v) is 9.68. The third-order valence-electron chi connectivity index (χ3n) is 4.23. The maximum atomic E-state index is 12.3. The Morgan fingerprint density at radius 3 is 2.35 bits per heavy atom. The maximum absolute atomic E-state index is 12.3. The molecular weight excluding hydrogens is 396 g/mol. The lowest BCUT2D eigenvalue weighted by molar-refractivity contribution is -0.129. The third kappa shape index (κ3) is 6.01. The monoisotopic (exact) mass is 418 g/mol. The molecule has 0 bridgehead atoms. The number of aliphatic hydroxyl groups excluding tert-OH is 1. The zero-order valence-corrected chi connectivity index (χ0v) is 16.9. The number of hydrogen-bond acceptors (Lipinski definition) is 6. The molecule has 3 aromatic rings. The van der Waals surface area contributed by atoms with Crippen molar-refractivity contribution in [2.75, 3.05) is 6.61 Å². The number of hydrogen-bond donors (Lipinski definition) is 2. The van der Waals surface area contributed by atoms with Gasteiger partial charge in [0.1, 0.15) is 0 Å². The lowest BCUT2D eigenvalue weighted by Gasteiger charge is -2.11. The number of hydrazone groups is 1. The van der Waals surface area contributed by atoms with E-state index in [0.717, 1.165) is 0 Å². The van der Waals surface area contributed by atoms with Crippen molar-refractivity contribution < 1.29 is 24.2 Å². The summed E-state index contributed by atoms with van der Waals surface area (Å²) in [7, 11) is 0. The minimum atomic E-state index is -1.32. The van der Waals surface area contributed by atoms with E-state index in [1.807, 2.05) is 13.0 Å². The fourth-order valence-electron chi connectivity index (χ4n) is 2.71. The average Bonchev–Trinajstić information content (AvgIpc) is 2.81. The SMILES string of the molecule is CCOc1cc(/C=N/NC(=O)C(O)c2ccccc2)ccc1OC(=O)c1ccccc1. The molecule has 1 amide bonds. The van der Waals surface area contributed by atoms with Gasteiger partial charge in [0.2, 0.25) is 0 Å². The first-order chi connectivity index (χ1) is 15.1. The number of esters is 1. The lowest BCUT2D eigenvalue weighted by atomic mass is 10.1. The predicted octanol–water partition coefficient (Wildman–Crippen LogP) is 3.49. The molecule has 31 heavy (non-hydrogen) atoms. The highest BCUT2D eigenvalue weighted by molar-refractivity contribution is 5.91. The van der Waals surface area contributed by atoms with Crippen LogP contribution in [0.5, 0.6) is 11.5 Å². The van der Waals surface area contributed by atoms with E-state index in [1.165, 1.54) is 6.21 Å². The molecule has 0 fully saturated rings. The van der Waals surface area contributed by atoms with Gasteiger partial charge in [-0.3, -0.25) is 4.79 Å². The van der Waals surface area contributed by atoms with Crippen molar-refractivity contribution in [3.05, 3.63) is 95.6 Å². The van der Waals surface area contributed by atoms with E-state index in [-0.39, 0.29) is 5.75 Å². The van der Waals surface area contributed by atoms with Gasteiger partial charge in [0.15, 0.2) is 17.6 Å². The van der Waals surface area contributed by atoms with Gasteiger partial charge >= 0.3 is 5.97 Å². The van der Waals surface area contributed by atoms with Gasteiger partial charge in [0.25, 0.3) is 5.91 Å². The molecule has 1 atom stereocenters. The number of rotatable bonds is 8. The summed E-state index contributed by atoms with van der Waals surface area (Å²) >= 11 is 0. The van der Waals surface area contributed by atoms with Crippen molar-refractivity contribution in [3.8, 4) is 11.5 Å². The Balaban J connectivity index is 1.67. The Kier molecular flexibility index (Phi) is 7.50. The van der Waals surface area contributed by atoms with Crippen LogP contribution in [0.3, 0.4) is 0 Å². The third-order valence-corrected chi connectivity index (χ3v) is 4.23. The van der Waals surface area contributed by atoms with Crippen molar-refractivity contribution in [3.63, 3.8) is 0 Å². The Labute approximate surface area is 179 Å². The summed E-state index contributed by atoms with van der Waals surface area (Å²) in [5.74, 6) is -0.506. The van der Waals surface area contributed by atoms with Crippen molar-refractivity contribution in [2.24, 2.45) is 5.10 Å². The van der Waals surface area contributed by atoms with Gasteiger partial charge < -0.3 is 14.6 Å². The molecule has 2 N–H and O–H groups in total. The standard InChI is InChI=1S/C24H22N2O5/c1-2-30-21-15-17(13-14-20(21)31-24(29)19-11-7-4-8-12-19)16-25-26-23(28)22(27)18-9-5-3-6-10-18/h3-16,22,27H,2H2,1H3,(H,26,28)/b25-16+. The first-order valence-electron chi connectivity index (χ1n) is 9.68. The van der Waals surface area contributed by atoms with Crippen LogP contribution in [0.15, 0.2) is 84.0 Å². The Morgan fingerprint density at radius 1 is 1.00 bits per heavy atom. The molecule has 0 aliphatic heterocycles. The van der Waals surface area contributed by atoms with Crippen LogP contribution in [0.25, 0.3) is 0 Å². The van der Waals surface area contributed by atoms with Crippen LogP contribution in [0.4, 0.5) is 0 Å². The molecule has 0 aliphatic carbocycles. The molecule has 0 saturated heterocycles. The number of nitrogens with zero attached hydrogens (tertiary/aromatic N) is 1. The van der Waals surface area contributed by atoms with E-state index in [4.69, 9.17) is 9.47 Å². The highest BCUT2D eigenvalue weighted by Crippen LogP contribution is 2.29. The second-order valence-corrected chi connectivity index (χ2v) is 6.44. The second-order valence-electron chi connectivity index (χ2n) is 6.44. The normalized spacial score (nSPS) is 11.7. The highest BCUT2D eigenvalue weighted by atomic mass is 16.6. The van der Waals surface area contributed by atoms with E-state index in [0.29, 0.717) is 29.0 Å². The van der Waals surface area contributed by atoms with Crippen molar-refractivity contribution in [1.82, 2.24) is 5.43 Å². The van der Waals surface area contributed by atoms with Gasteiger partial charge in [-0.25, -0.2) is 10.2 Å². The summed E-state index contributed by atoms with van der Waals surface area (Å²) in [6.45, 7) is 2.19. The smallest absolute Gasteiger partial charge is 0.343 e.